The molecule has 0 saturated heterocycles. The Morgan fingerprint density at radius 2 is 2.09 bits per heavy atom. The highest BCUT2D eigenvalue weighted by molar-refractivity contribution is 5.74. The van der Waals surface area contributed by atoms with Gasteiger partial charge in [-0.3, -0.25) is 4.79 Å². The smallest absolute Gasteiger partial charge is 0.308 e. The van der Waals surface area contributed by atoms with Crippen molar-refractivity contribution in [3.05, 3.63) is 18.2 Å². The number of fused-ring (bicyclic) bond motifs is 2. The Morgan fingerprint density at radius 1 is 1.45 bits per heavy atom. The second-order valence-electron chi connectivity index (χ2n) is 2.28. The number of hydrogen-bond donors (Lipinski definition) is 0. The first-order valence-electron chi connectivity index (χ1n) is 3.26. The molecule has 2 bridgehead atoms. The summed E-state index contributed by atoms with van der Waals surface area (Å²) < 4.78 is 9.91. The van der Waals surface area contributed by atoms with Crippen molar-refractivity contribution in [3.8, 4) is 17.2 Å². The molecule has 3 rings (SSSR count). The van der Waals surface area contributed by atoms with Crippen LogP contribution in [0.25, 0.3) is 0 Å². The normalized spacial score (nSPS) is 11.4. The highest BCUT2D eigenvalue weighted by Crippen LogP contribution is 2.49. The lowest BCUT2D eigenvalue weighted by molar-refractivity contribution is -0.132. The summed E-state index contributed by atoms with van der Waals surface area (Å²) in [6.45, 7) is 1.37. The van der Waals surface area contributed by atoms with Crippen LogP contribution in [0.15, 0.2) is 18.2 Å². The van der Waals surface area contributed by atoms with E-state index >= 15 is 0 Å². The molecule has 0 atom stereocenters. The molecule has 0 unspecified atom stereocenters. The van der Waals surface area contributed by atoms with Crippen LogP contribution in [-0.2, 0) is 4.79 Å². The lowest BCUT2D eigenvalue weighted by Gasteiger charge is -2.21. The van der Waals surface area contributed by atoms with Crippen LogP contribution >= 0.6 is 0 Å². The van der Waals surface area contributed by atoms with Crippen molar-refractivity contribution in [2.24, 2.45) is 0 Å². The zero-order chi connectivity index (χ0) is 7.84. The lowest BCUT2D eigenvalue weighted by atomic mass is 10.2. The van der Waals surface area contributed by atoms with E-state index < -0.39 is 0 Å². The van der Waals surface area contributed by atoms with Crippen molar-refractivity contribution in [1.29, 1.82) is 0 Å². The number of rotatable bonds is 1. The van der Waals surface area contributed by atoms with E-state index in [0.29, 0.717) is 17.2 Å². The molecule has 0 spiro atoms. The third kappa shape index (κ3) is 0.852. The van der Waals surface area contributed by atoms with Crippen LogP contribution in [0.4, 0.5) is 0 Å². The summed E-state index contributed by atoms with van der Waals surface area (Å²) in [5.74, 6) is 1.51. The lowest BCUT2D eigenvalue weighted by Crippen LogP contribution is -2.08. The van der Waals surface area contributed by atoms with Gasteiger partial charge in [-0.15, -0.1) is 0 Å². The Labute approximate surface area is 63.5 Å². The maximum absolute atomic E-state index is 10.5. The fraction of sp³-hybridized carbons (Fsp3) is 0.125. The van der Waals surface area contributed by atoms with Crippen LogP contribution in [-0.4, -0.2) is 5.97 Å². The molecule has 2 heterocycles. The number of esters is 1. The van der Waals surface area contributed by atoms with Gasteiger partial charge < -0.3 is 9.47 Å². The number of carbonyl (C=O) groups excluding carboxylic acids is 1. The summed E-state index contributed by atoms with van der Waals surface area (Å²) in [6.07, 6.45) is 0. The summed E-state index contributed by atoms with van der Waals surface area (Å²) >= 11 is 0. The number of ether oxygens (including phenoxy) is 2. The molecule has 3 nitrogen and oxygen atoms in total. The summed E-state index contributed by atoms with van der Waals surface area (Å²) in [7, 11) is 0. The largest absolute Gasteiger partial charge is 0.449 e. The Morgan fingerprint density at radius 3 is 2.55 bits per heavy atom. The van der Waals surface area contributed by atoms with Crippen molar-refractivity contribution < 1.29 is 14.3 Å². The van der Waals surface area contributed by atoms with Crippen molar-refractivity contribution in [2.45, 2.75) is 6.92 Å². The number of carbonyl (C=O) groups is 1. The quantitative estimate of drug-likeness (QED) is 0.458. The summed E-state index contributed by atoms with van der Waals surface area (Å²) in [5, 5.41) is 0. The fourth-order valence-corrected chi connectivity index (χ4v) is 0.973. The molecule has 56 valence electrons. The van der Waals surface area contributed by atoms with Crippen molar-refractivity contribution >= 4 is 5.97 Å². The van der Waals surface area contributed by atoms with E-state index in [9.17, 15) is 4.79 Å². The first kappa shape index (κ1) is 6.22. The molecule has 0 fully saturated rings. The van der Waals surface area contributed by atoms with Crippen LogP contribution < -0.4 is 9.47 Å². The molecule has 1 aromatic carbocycles. The third-order valence-corrected chi connectivity index (χ3v) is 1.41. The number of para-hydroxylation sites is 1. The van der Waals surface area contributed by atoms with Crippen LogP contribution in [0.1, 0.15) is 6.92 Å². The molecular formula is C8H6O3. The molecule has 0 aromatic heterocycles. The minimum Gasteiger partial charge on any atom is -0.449 e. The van der Waals surface area contributed by atoms with Gasteiger partial charge in [0.1, 0.15) is 0 Å². The van der Waals surface area contributed by atoms with E-state index in [1.165, 1.54) is 6.92 Å². The fourth-order valence-electron chi connectivity index (χ4n) is 0.973. The van der Waals surface area contributed by atoms with Crippen molar-refractivity contribution in [1.82, 2.24) is 0 Å². The van der Waals surface area contributed by atoms with Gasteiger partial charge in [0.15, 0.2) is 11.5 Å². The van der Waals surface area contributed by atoms with Crippen LogP contribution in [0, 0.1) is 0 Å². The van der Waals surface area contributed by atoms with Crippen LogP contribution in [0.2, 0.25) is 0 Å². The second-order valence-corrected chi connectivity index (χ2v) is 2.28. The topological polar surface area (TPSA) is 35.5 Å². The van der Waals surface area contributed by atoms with Gasteiger partial charge in [0, 0.05) is 6.92 Å². The molecule has 0 aliphatic carbocycles. The van der Waals surface area contributed by atoms with Crippen molar-refractivity contribution in [2.75, 3.05) is 0 Å². The van der Waals surface area contributed by atoms with Gasteiger partial charge in [-0.1, -0.05) is 6.07 Å². The van der Waals surface area contributed by atoms with E-state index in [1.807, 2.05) is 6.07 Å². The zero-order valence-electron chi connectivity index (χ0n) is 5.96. The predicted octanol–water partition coefficient (Wildman–Crippen LogP) is 1.72. The maximum Gasteiger partial charge on any atom is 0.308 e. The molecule has 0 amide bonds. The molecule has 0 N–H and O–H groups in total. The van der Waals surface area contributed by atoms with E-state index in [2.05, 4.69) is 0 Å². The molecule has 0 radical (unpaired) electrons. The average Bonchev–Trinajstić information content (AvgIpc) is 2.01. The summed E-state index contributed by atoms with van der Waals surface area (Å²) in [5.41, 5.74) is 0. The first-order valence-corrected chi connectivity index (χ1v) is 3.26. The summed E-state index contributed by atoms with van der Waals surface area (Å²) in [6, 6.07) is 5.36. The number of benzene rings is 1. The maximum atomic E-state index is 10.5. The Kier molecular flexibility index (Phi) is 1.12. The van der Waals surface area contributed by atoms with Crippen LogP contribution in [0.3, 0.4) is 0 Å². The molecule has 0 saturated carbocycles. The zero-order valence-corrected chi connectivity index (χ0v) is 5.96. The highest BCUT2D eigenvalue weighted by Gasteiger charge is 2.23. The number of hydrogen-bond acceptors (Lipinski definition) is 3. The van der Waals surface area contributed by atoms with Gasteiger partial charge in [0.25, 0.3) is 0 Å². The van der Waals surface area contributed by atoms with Gasteiger partial charge in [0.2, 0.25) is 5.75 Å². The Balaban J connectivity index is 2.30. The standard InChI is InChI=1S/C8H6O3/c1-5(9)10-8-6-3-2-4-7(8)11-6/h2-4H,1H3. The van der Waals surface area contributed by atoms with Gasteiger partial charge in [-0.2, -0.15) is 0 Å². The van der Waals surface area contributed by atoms with Gasteiger partial charge in [-0.25, -0.2) is 0 Å². The van der Waals surface area contributed by atoms with Gasteiger partial charge in [0.05, 0.1) is 0 Å². The SMILES string of the molecule is CC(=O)Oc1c2cccc1O2. The first-order chi connectivity index (χ1) is 5.27. The third-order valence-electron chi connectivity index (χ3n) is 1.41. The van der Waals surface area contributed by atoms with Crippen LogP contribution in [0.5, 0.6) is 17.2 Å². The molecule has 3 heteroatoms. The molecular weight excluding hydrogens is 144 g/mol. The molecule has 2 aliphatic rings. The van der Waals surface area contributed by atoms with E-state index in [4.69, 9.17) is 9.47 Å². The van der Waals surface area contributed by atoms with E-state index in [1.54, 1.807) is 12.1 Å². The van der Waals surface area contributed by atoms with Gasteiger partial charge in [-0.05, 0) is 12.1 Å². The minimum atomic E-state index is -0.318. The second kappa shape index (κ2) is 1.99. The summed E-state index contributed by atoms with van der Waals surface area (Å²) in [4.78, 5) is 10.5. The monoisotopic (exact) mass is 150 g/mol. The Bertz CT molecular complexity index is 297. The van der Waals surface area contributed by atoms with E-state index in [0.717, 1.165) is 0 Å². The predicted molar refractivity (Wildman–Crippen MR) is 37.8 cm³/mol. The molecule has 2 aliphatic heterocycles. The van der Waals surface area contributed by atoms with Gasteiger partial charge >= 0.3 is 5.97 Å². The van der Waals surface area contributed by atoms with Crippen molar-refractivity contribution in [3.63, 3.8) is 0 Å². The average molecular weight is 150 g/mol. The van der Waals surface area contributed by atoms with E-state index in [-0.39, 0.29) is 5.97 Å². The molecule has 11 heavy (non-hydrogen) atoms. The highest BCUT2D eigenvalue weighted by atomic mass is 16.6. The minimum absolute atomic E-state index is 0.318. The Hall–Kier alpha value is -1.51. The molecule has 1 aromatic rings.